The van der Waals surface area contributed by atoms with E-state index in [0.29, 0.717) is 18.9 Å². The molecule has 5 nitrogen and oxygen atoms in total. The summed E-state index contributed by atoms with van der Waals surface area (Å²) in [6.45, 7) is 3.71. The molecule has 1 unspecified atom stereocenters. The SMILES string of the molecule is COCCNCc1ccccc1OC(C)C(N)=O. The number of methoxy groups -OCH3 is 1. The van der Waals surface area contributed by atoms with Crippen molar-refractivity contribution in [2.45, 2.75) is 19.6 Å². The third-order valence-corrected chi connectivity index (χ3v) is 2.48. The Bertz CT molecular complexity index is 382. The molecule has 0 heterocycles. The number of nitrogens with one attached hydrogen (secondary N) is 1. The Balaban J connectivity index is 2.58. The van der Waals surface area contributed by atoms with Gasteiger partial charge in [-0.1, -0.05) is 18.2 Å². The molecule has 0 aliphatic rings. The normalized spacial score (nSPS) is 12.1. The van der Waals surface area contributed by atoms with Gasteiger partial charge in [0, 0.05) is 25.8 Å². The number of carbonyl (C=O) groups excluding carboxylic acids is 1. The first-order valence-corrected chi connectivity index (χ1v) is 5.88. The third kappa shape index (κ3) is 4.73. The Morgan fingerprint density at radius 3 is 2.83 bits per heavy atom. The highest BCUT2D eigenvalue weighted by atomic mass is 16.5. The molecule has 0 aromatic heterocycles. The van der Waals surface area contributed by atoms with E-state index in [0.717, 1.165) is 12.1 Å². The summed E-state index contributed by atoms with van der Waals surface area (Å²) in [5, 5.41) is 3.22. The predicted octanol–water partition coefficient (Wildman–Crippen LogP) is 0.675. The van der Waals surface area contributed by atoms with Gasteiger partial charge in [0.25, 0.3) is 5.91 Å². The van der Waals surface area contributed by atoms with Crippen LogP contribution in [-0.4, -0.2) is 32.3 Å². The molecule has 1 aromatic carbocycles. The summed E-state index contributed by atoms with van der Waals surface area (Å²) in [5.41, 5.74) is 6.17. The fourth-order valence-corrected chi connectivity index (χ4v) is 1.41. The van der Waals surface area contributed by atoms with Gasteiger partial charge in [0.1, 0.15) is 5.75 Å². The number of primary amides is 1. The number of amides is 1. The summed E-state index contributed by atoms with van der Waals surface area (Å²) in [7, 11) is 1.66. The minimum absolute atomic E-state index is 0.475. The van der Waals surface area contributed by atoms with Gasteiger partial charge in [0.2, 0.25) is 0 Å². The number of hydrogen-bond donors (Lipinski definition) is 2. The van der Waals surface area contributed by atoms with Crippen LogP contribution in [-0.2, 0) is 16.1 Å². The van der Waals surface area contributed by atoms with Gasteiger partial charge in [-0.15, -0.1) is 0 Å². The van der Waals surface area contributed by atoms with Gasteiger partial charge in [-0.05, 0) is 13.0 Å². The second-order valence-electron chi connectivity index (χ2n) is 3.94. The molecule has 18 heavy (non-hydrogen) atoms. The molecular formula is C13H20N2O3. The molecule has 1 atom stereocenters. The van der Waals surface area contributed by atoms with E-state index >= 15 is 0 Å². The van der Waals surface area contributed by atoms with Gasteiger partial charge in [0.15, 0.2) is 6.10 Å². The molecule has 100 valence electrons. The first-order valence-electron chi connectivity index (χ1n) is 5.88. The number of nitrogens with two attached hydrogens (primary N) is 1. The van der Waals surface area contributed by atoms with Gasteiger partial charge in [-0.25, -0.2) is 0 Å². The quantitative estimate of drug-likeness (QED) is 0.667. The second-order valence-corrected chi connectivity index (χ2v) is 3.94. The molecule has 0 bridgehead atoms. The van der Waals surface area contributed by atoms with Crippen molar-refractivity contribution in [1.82, 2.24) is 5.32 Å². The van der Waals surface area contributed by atoms with Crippen molar-refractivity contribution in [2.75, 3.05) is 20.3 Å². The van der Waals surface area contributed by atoms with Crippen molar-refractivity contribution in [1.29, 1.82) is 0 Å². The monoisotopic (exact) mass is 252 g/mol. The minimum atomic E-state index is -0.634. The molecule has 3 N–H and O–H groups in total. The van der Waals surface area contributed by atoms with E-state index in [9.17, 15) is 4.79 Å². The number of hydrogen-bond acceptors (Lipinski definition) is 4. The lowest BCUT2D eigenvalue weighted by molar-refractivity contribution is -0.124. The van der Waals surface area contributed by atoms with E-state index in [1.54, 1.807) is 14.0 Å². The zero-order chi connectivity index (χ0) is 13.4. The lowest BCUT2D eigenvalue weighted by Gasteiger charge is -2.15. The lowest BCUT2D eigenvalue weighted by atomic mass is 10.2. The van der Waals surface area contributed by atoms with E-state index in [-0.39, 0.29) is 0 Å². The molecule has 0 aliphatic heterocycles. The van der Waals surface area contributed by atoms with Gasteiger partial charge in [-0.3, -0.25) is 4.79 Å². The Morgan fingerprint density at radius 2 is 2.17 bits per heavy atom. The van der Waals surface area contributed by atoms with E-state index in [1.165, 1.54) is 0 Å². The molecule has 1 rings (SSSR count). The number of para-hydroxylation sites is 1. The van der Waals surface area contributed by atoms with Crippen molar-refractivity contribution in [2.24, 2.45) is 5.73 Å². The maximum Gasteiger partial charge on any atom is 0.258 e. The van der Waals surface area contributed by atoms with Crippen molar-refractivity contribution in [3.63, 3.8) is 0 Å². The average molecular weight is 252 g/mol. The van der Waals surface area contributed by atoms with E-state index in [4.69, 9.17) is 15.2 Å². The zero-order valence-electron chi connectivity index (χ0n) is 10.8. The average Bonchev–Trinajstić information content (AvgIpc) is 2.36. The van der Waals surface area contributed by atoms with Crippen LogP contribution in [0, 0.1) is 0 Å². The number of carbonyl (C=O) groups is 1. The predicted molar refractivity (Wildman–Crippen MR) is 69.3 cm³/mol. The van der Waals surface area contributed by atoms with Gasteiger partial charge in [-0.2, -0.15) is 0 Å². The number of benzene rings is 1. The Kier molecular flexibility index (Phi) is 6.18. The van der Waals surface area contributed by atoms with Crippen LogP contribution in [0.3, 0.4) is 0 Å². The first-order chi connectivity index (χ1) is 8.65. The molecule has 1 aromatic rings. The Labute approximate surface area is 107 Å². The first kappa shape index (κ1) is 14.5. The summed E-state index contributed by atoms with van der Waals surface area (Å²) in [4.78, 5) is 11.0. The number of rotatable bonds is 8. The van der Waals surface area contributed by atoms with Crippen molar-refractivity contribution < 1.29 is 14.3 Å². The van der Waals surface area contributed by atoms with E-state index in [1.807, 2.05) is 24.3 Å². The third-order valence-electron chi connectivity index (χ3n) is 2.48. The highest BCUT2D eigenvalue weighted by Crippen LogP contribution is 2.19. The van der Waals surface area contributed by atoms with Crippen LogP contribution in [0.15, 0.2) is 24.3 Å². The van der Waals surface area contributed by atoms with Crippen molar-refractivity contribution in [3.05, 3.63) is 29.8 Å². The smallest absolute Gasteiger partial charge is 0.258 e. The van der Waals surface area contributed by atoms with Gasteiger partial charge >= 0.3 is 0 Å². The fourth-order valence-electron chi connectivity index (χ4n) is 1.41. The molecular weight excluding hydrogens is 232 g/mol. The highest BCUT2D eigenvalue weighted by Gasteiger charge is 2.12. The van der Waals surface area contributed by atoms with Crippen LogP contribution in [0.25, 0.3) is 0 Å². The van der Waals surface area contributed by atoms with Crippen LogP contribution in [0.4, 0.5) is 0 Å². The van der Waals surface area contributed by atoms with Crippen LogP contribution in [0.1, 0.15) is 12.5 Å². The molecule has 0 fully saturated rings. The zero-order valence-corrected chi connectivity index (χ0v) is 10.8. The summed E-state index contributed by atoms with van der Waals surface area (Å²) in [5.74, 6) is 0.200. The highest BCUT2D eigenvalue weighted by molar-refractivity contribution is 5.78. The van der Waals surface area contributed by atoms with Crippen LogP contribution >= 0.6 is 0 Å². The summed E-state index contributed by atoms with van der Waals surface area (Å²) in [6, 6.07) is 7.56. The Morgan fingerprint density at radius 1 is 1.44 bits per heavy atom. The summed E-state index contributed by atoms with van der Waals surface area (Å²) in [6.07, 6.45) is -0.634. The van der Waals surface area contributed by atoms with Gasteiger partial charge in [0.05, 0.1) is 6.61 Å². The van der Waals surface area contributed by atoms with Gasteiger partial charge < -0.3 is 20.5 Å². The molecule has 0 saturated carbocycles. The Hall–Kier alpha value is -1.59. The fraction of sp³-hybridized carbons (Fsp3) is 0.462. The molecule has 1 amide bonds. The molecule has 0 aliphatic carbocycles. The molecule has 5 heteroatoms. The lowest BCUT2D eigenvalue weighted by Crippen LogP contribution is -2.31. The van der Waals surface area contributed by atoms with Crippen LogP contribution in [0.2, 0.25) is 0 Å². The largest absolute Gasteiger partial charge is 0.481 e. The number of ether oxygens (including phenoxy) is 2. The van der Waals surface area contributed by atoms with Crippen molar-refractivity contribution in [3.8, 4) is 5.75 Å². The molecule has 0 spiro atoms. The van der Waals surface area contributed by atoms with Crippen molar-refractivity contribution >= 4 is 5.91 Å². The molecule has 0 saturated heterocycles. The van der Waals surface area contributed by atoms with E-state index in [2.05, 4.69) is 5.32 Å². The standard InChI is InChI=1S/C13H20N2O3/c1-10(13(14)16)18-12-6-4-3-5-11(12)9-15-7-8-17-2/h3-6,10,15H,7-9H2,1-2H3,(H2,14,16). The minimum Gasteiger partial charge on any atom is -0.481 e. The second kappa shape index (κ2) is 7.68. The van der Waals surface area contributed by atoms with Crippen LogP contribution < -0.4 is 15.8 Å². The molecule has 0 radical (unpaired) electrons. The topological polar surface area (TPSA) is 73.6 Å². The van der Waals surface area contributed by atoms with Crippen LogP contribution in [0.5, 0.6) is 5.75 Å². The summed E-state index contributed by atoms with van der Waals surface area (Å²) >= 11 is 0. The van der Waals surface area contributed by atoms with E-state index < -0.39 is 12.0 Å². The summed E-state index contributed by atoms with van der Waals surface area (Å²) < 4.78 is 10.5. The maximum atomic E-state index is 11.0. The maximum absolute atomic E-state index is 11.0.